The van der Waals surface area contributed by atoms with Crippen LogP contribution in [0.2, 0.25) is 5.02 Å². The number of nitrogen functional groups attached to an aromatic ring is 1. The maximum Gasteiger partial charge on any atom is 0.141 e. The number of methoxy groups -OCH3 is 1. The zero-order chi connectivity index (χ0) is 15.1. The summed E-state index contributed by atoms with van der Waals surface area (Å²) < 4.78 is 5.15. The van der Waals surface area contributed by atoms with Gasteiger partial charge >= 0.3 is 0 Å². The zero-order valence-corrected chi connectivity index (χ0v) is 13.0. The van der Waals surface area contributed by atoms with E-state index in [1.807, 2.05) is 36.4 Å². The minimum Gasteiger partial charge on any atom is -0.495 e. The predicted octanol–water partition coefficient (Wildman–Crippen LogP) is 3.65. The largest absolute Gasteiger partial charge is 0.495 e. The maximum atomic E-state index is 5.90. The van der Waals surface area contributed by atoms with Crippen LogP contribution in [-0.4, -0.2) is 13.7 Å². The second-order valence-electron chi connectivity index (χ2n) is 4.98. The summed E-state index contributed by atoms with van der Waals surface area (Å²) in [4.78, 5) is 0. The van der Waals surface area contributed by atoms with Crippen molar-refractivity contribution in [2.24, 2.45) is 0 Å². The first kappa shape index (κ1) is 15.7. The van der Waals surface area contributed by atoms with Crippen LogP contribution in [0.3, 0.4) is 0 Å². The third kappa shape index (κ3) is 4.96. The smallest absolute Gasteiger partial charge is 0.141 e. The summed E-state index contributed by atoms with van der Waals surface area (Å²) in [6.07, 6.45) is 2.07. The number of ether oxygens (including phenoxy) is 1. The van der Waals surface area contributed by atoms with Gasteiger partial charge in [0.2, 0.25) is 0 Å². The van der Waals surface area contributed by atoms with E-state index in [-0.39, 0.29) is 0 Å². The molecule has 2 rings (SSSR count). The van der Waals surface area contributed by atoms with Gasteiger partial charge in [-0.2, -0.15) is 0 Å². The van der Waals surface area contributed by atoms with Gasteiger partial charge in [-0.05, 0) is 54.8 Å². The van der Waals surface area contributed by atoms with Gasteiger partial charge in [0.1, 0.15) is 5.75 Å². The molecule has 0 atom stereocenters. The molecular weight excluding hydrogens is 284 g/mol. The highest BCUT2D eigenvalue weighted by molar-refractivity contribution is 6.30. The molecule has 0 saturated heterocycles. The highest BCUT2D eigenvalue weighted by Gasteiger charge is 2.00. The third-order valence-electron chi connectivity index (χ3n) is 3.36. The summed E-state index contributed by atoms with van der Waals surface area (Å²) in [5.41, 5.74) is 9.08. The summed E-state index contributed by atoms with van der Waals surface area (Å²) in [7, 11) is 1.63. The minimum absolute atomic E-state index is 0.698. The summed E-state index contributed by atoms with van der Waals surface area (Å²) in [6.45, 7) is 1.83. The van der Waals surface area contributed by atoms with Crippen molar-refractivity contribution < 1.29 is 4.74 Å². The monoisotopic (exact) mass is 304 g/mol. The summed E-state index contributed by atoms with van der Waals surface area (Å²) in [5, 5.41) is 4.20. The lowest BCUT2D eigenvalue weighted by Gasteiger charge is -2.08. The van der Waals surface area contributed by atoms with E-state index >= 15 is 0 Å². The van der Waals surface area contributed by atoms with Gasteiger partial charge in [0.15, 0.2) is 0 Å². The fourth-order valence-corrected chi connectivity index (χ4v) is 2.32. The first-order valence-corrected chi connectivity index (χ1v) is 7.44. The molecule has 0 fully saturated rings. The standard InChI is InChI=1S/C17H21ClN2O/c1-21-17-9-6-13(11-16(17)19)3-2-10-20-12-14-4-7-15(18)8-5-14/h4-9,11,20H,2-3,10,12,19H2,1H3. The van der Waals surface area contributed by atoms with Crippen molar-refractivity contribution in [2.45, 2.75) is 19.4 Å². The molecular formula is C17H21ClN2O. The Hall–Kier alpha value is -1.71. The zero-order valence-electron chi connectivity index (χ0n) is 12.2. The van der Waals surface area contributed by atoms with Crippen molar-refractivity contribution in [3.05, 3.63) is 58.6 Å². The highest BCUT2D eigenvalue weighted by atomic mass is 35.5. The minimum atomic E-state index is 0.698. The highest BCUT2D eigenvalue weighted by Crippen LogP contribution is 2.22. The van der Waals surface area contributed by atoms with Crippen molar-refractivity contribution in [1.82, 2.24) is 5.32 Å². The summed E-state index contributed by atoms with van der Waals surface area (Å²) in [6, 6.07) is 13.9. The molecule has 0 aliphatic rings. The van der Waals surface area contributed by atoms with Crippen molar-refractivity contribution >= 4 is 17.3 Å². The van der Waals surface area contributed by atoms with Gasteiger partial charge < -0.3 is 15.8 Å². The lowest BCUT2D eigenvalue weighted by Crippen LogP contribution is -2.15. The number of benzene rings is 2. The van der Waals surface area contributed by atoms with Crippen LogP contribution in [0.15, 0.2) is 42.5 Å². The van der Waals surface area contributed by atoms with Crippen LogP contribution < -0.4 is 15.8 Å². The molecule has 112 valence electrons. The van der Waals surface area contributed by atoms with E-state index in [0.29, 0.717) is 5.69 Å². The topological polar surface area (TPSA) is 47.3 Å². The first-order chi connectivity index (χ1) is 10.2. The fourth-order valence-electron chi connectivity index (χ4n) is 2.19. The Morgan fingerprint density at radius 3 is 2.48 bits per heavy atom. The Labute approximate surface area is 131 Å². The molecule has 2 aromatic rings. The molecule has 3 N–H and O–H groups in total. The molecule has 0 unspecified atom stereocenters. The molecule has 4 heteroatoms. The Morgan fingerprint density at radius 2 is 1.81 bits per heavy atom. The van der Waals surface area contributed by atoms with Gasteiger partial charge in [0.05, 0.1) is 12.8 Å². The van der Waals surface area contributed by atoms with E-state index in [4.69, 9.17) is 22.1 Å². The molecule has 0 bridgehead atoms. The number of nitrogens with one attached hydrogen (secondary N) is 1. The Kier molecular flexibility index (Phi) is 5.90. The van der Waals surface area contributed by atoms with Gasteiger partial charge in [0, 0.05) is 11.6 Å². The van der Waals surface area contributed by atoms with E-state index in [1.54, 1.807) is 7.11 Å². The molecule has 3 nitrogen and oxygen atoms in total. The number of anilines is 1. The quantitative estimate of drug-likeness (QED) is 0.606. The number of nitrogens with two attached hydrogens (primary N) is 1. The SMILES string of the molecule is COc1ccc(CCCNCc2ccc(Cl)cc2)cc1N. The van der Waals surface area contributed by atoms with Crippen LogP contribution in [0.5, 0.6) is 5.75 Å². The molecule has 0 spiro atoms. The van der Waals surface area contributed by atoms with Crippen LogP contribution in [0, 0.1) is 0 Å². The second kappa shape index (κ2) is 7.91. The second-order valence-corrected chi connectivity index (χ2v) is 5.42. The van der Waals surface area contributed by atoms with Gasteiger partial charge in [-0.1, -0.05) is 29.8 Å². The van der Waals surface area contributed by atoms with Crippen molar-refractivity contribution in [1.29, 1.82) is 0 Å². The number of halogens is 1. The van der Waals surface area contributed by atoms with Gasteiger partial charge in [-0.3, -0.25) is 0 Å². The number of aryl methyl sites for hydroxylation is 1. The van der Waals surface area contributed by atoms with Crippen LogP contribution in [0.4, 0.5) is 5.69 Å². The molecule has 0 heterocycles. The van der Waals surface area contributed by atoms with E-state index in [9.17, 15) is 0 Å². The lowest BCUT2D eigenvalue weighted by atomic mass is 10.1. The molecule has 0 aliphatic heterocycles. The van der Waals surface area contributed by atoms with Crippen LogP contribution in [-0.2, 0) is 13.0 Å². The predicted molar refractivity (Wildman–Crippen MR) is 88.9 cm³/mol. The average Bonchev–Trinajstić information content (AvgIpc) is 2.49. The Bertz CT molecular complexity index is 570. The van der Waals surface area contributed by atoms with E-state index in [1.165, 1.54) is 11.1 Å². The first-order valence-electron chi connectivity index (χ1n) is 7.06. The molecule has 21 heavy (non-hydrogen) atoms. The number of rotatable bonds is 7. The van der Waals surface area contributed by atoms with Gasteiger partial charge in [-0.25, -0.2) is 0 Å². The summed E-state index contributed by atoms with van der Waals surface area (Å²) in [5.74, 6) is 0.736. The molecule has 0 saturated carbocycles. The van der Waals surface area contributed by atoms with E-state index < -0.39 is 0 Å². The van der Waals surface area contributed by atoms with E-state index in [2.05, 4.69) is 11.4 Å². The van der Waals surface area contributed by atoms with Crippen molar-refractivity contribution in [3.8, 4) is 5.75 Å². The average molecular weight is 305 g/mol. The lowest BCUT2D eigenvalue weighted by molar-refractivity contribution is 0.417. The number of hydrogen-bond donors (Lipinski definition) is 2. The Balaban J connectivity index is 1.70. The van der Waals surface area contributed by atoms with Crippen LogP contribution in [0.25, 0.3) is 0 Å². The molecule has 0 aliphatic carbocycles. The van der Waals surface area contributed by atoms with Gasteiger partial charge in [-0.15, -0.1) is 0 Å². The Morgan fingerprint density at radius 1 is 1.10 bits per heavy atom. The van der Waals surface area contributed by atoms with E-state index in [0.717, 1.165) is 36.7 Å². The van der Waals surface area contributed by atoms with Crippen LogP contribution >= 0.6 is 11.6 Å². The normalized spacial score (nSPS) is 10.6. The van der Waals surface area contributed by atoms with Gasteiger partial charge in [0.25, 0.3) is 0 Å². The van der Waals surface area contributed by atoms with Crippen molar-refractivity contribution in [2.75, 3.05) is 19.4 Å². The molecule has 0 aromatic heterocycles. The molecule has 2 aromatic carbocycles. The third-order valence-corrected chi connectivity index (χ3v) is 3.61. The molecule has 0 amide bonds. The molecule has 0 radical (unpaired) electrons. The maximum absolute atomic E-state index is 5.90. The fraction of sp³-hybridized carbons (Fsp3) is 0.294. The van der Waals surface area contributed by atoms with Crippen LogP contribution in [0.1, 0.15) is 17.5 Å². The number of hydrogen-bond acceptors (Lipinski definition) is 3. The summed E-state index contributed by atoms with van der Waals surface area (Å²) >= 11 is 5.86. The van der Waals surface area contributed by atoms with Crippen molar-refractivity contribution in [3.63, 3.8) is 0 Å².